The fourth-order valence-corrected chi connectivity index (χ4v) is 3.26. The summed E-state index contributed by atoms with van der Waals surface area (Å²) in [5, 5.41) is -0.388. The Morgan fingerprint density at radius 2 is 1.90 bits per heavy atom. The molecule has 0 bridgehead atoms. The molecule has 0 aromatic heterocycles. The van der Waals surface area contributed by atoms with Crippen LogP contribution in [0.5, 0.6) is 0 Å². The van der Waals surface area contributed by atoms with Gasteiger partial charge in [-0.25, -0.2) is 4.79 Å². The molecule has 0 unspecified atom stereocenters. The molecule has 0 aliphatic heterocycles. The molecule has 0 amide bonds. The summed E-state index contributed by atoms with van der Waals surface area (Å²) < 4.78 is 10.2. The van der Waals surface area contributed by atoms with Gasteiger partial charge >= 0.3 is 11.9 Å². The summed E-state index contributed by atoms with van der Waals surface area (Å²) in [6, 6.07) is 9.62. The van der Waals surface area contributed by atoms with E-state index in [2.05, 4.69) is 0 Å². The first-order chi connectivity index (χ1) is 10.1. The van der Waals surface area contributed by atoms with Gasteiger partial charge in [-0.15, -0.1) is 11.8 Å². The molecule has 2 rings (SSSR count). The molecule has 2 atom stereocenters. The summed E-state index contributed by atoms with van der Waals surface area (Å²) >= 11 is 1.44. The van der Waals surface area contributed by atoms with Crippen LogP contribution in [0.15, 0.2) is 59.5 Å². The third-order valence-corrected chi connectivity index (χ3v) is 4.29. The van der Waals surface area contributed by atoms with Crippen LogP contribution >= 0.6 is 11.8 Å². The summed E-state index contributed by atoms with van der Waals surface area (Å²) in [7, 11) is 1.28. The maximum atomic E-state index is 12.2. The van der Waals surface area contributed by atoms with Gasteiger partial charge in [0.05, 0.1) is 12.4 Å². The molecule has 0 fully saturated rings. The Balaban J connectivity index is 2.35. The van der Waals surface area contributed by atoms with E-state index in [1.54, 1.807) is 12.2 Å². The first-order valence-electron chi connectivity index (χ1n) is 6.44. The van der Waals surface area contributed by atoms with Gasteiger partial charge in [0.15, 0.2) is 0 Å². The summed E-state index contributed by atoms with van der Waals surface area (Å²) in [5.74, 6) is -1.12. The lowest BCUT2D eigenvalue weighted by Gasteiger charge is -2.34. The van der Waals surface area contributed by atoms with Crippen molar-refractivity contribution >= 4 is 23.7 Å². The SMILES string of the molecule is COC(=O)[C@]1(OC(C)=O)C=CC=C[C@H]1Sc1ccccc1. The monoisotopic (exact) mass is 304 g/mol. The van der Waals surface area contributed by atoms with Gasteiger partial charge < -0.3 is 9.47 Å². The van der Waals surface area contributed by atoms with Crippen molar-refractivity contribution in [2.24, 2.45) is 0 Å². The maximum absolute atomic E-state index is 12.2. The Hall–Kier alpha value is -2.01. The van der Waals surface area contributed by atoms with Crippen molar-refractivity contribution in [3.8, 4) is 0 Å². The van der Waals surface area contributed by atoms with E-state index in [-0.39, 0.29) is 5.25 Å². The Morgan fingerprint density at radius 3 is 2.52 bits per heavy atom. The van der Waals surface area contributed by atoms with Crippen molar-refractivity contribution in [1.82, 2.24) is 0 Å². The highest BCUT2D eigenvalue weighted by Gasteiger charge is 2.48. The first kappa shape index (κ1) is 15.4. The fraction of sp³-hybridized carbons (Fsp3) is 0.250. The molecule has 1 aromatic carbocycles. The van der Waals surface area contributed by atoms with Crippen molar-refractivity contribution in [2.45, 2.75) is 22.7 Å². The Labute approximate surface area is 127 Å². The van der Waals surface area contributed by atoms with Crippen LogP contribution in [0.3, 0.4) is 0 Å². The van der Waals surface area contributed by atoms with Crippen molar-refractivity contribution in [3.63, 3.8) is 0 Å². The van der Waals surface area contributed by atoms with Gasteiger partial charge in [-0.05, 0) is 18.2 Å². The predicted octanol–water partition coefficient (Wildman–Crippen LogP) is 2.75. The maximum Gasteiger partial charge on any atom is 0.356 e. The number of methoxy groups -OCH3 is 1. The van der Waals surface area contributed by atoms with Crippen molar-refractivity contribution < 1.29 is 19.1 Å². The van der Waals surface area contributed by atoms with E-state index in [1.165, 1.54) is 25.8 Å². The number of thioether (sulfide) groups is 1. The van der Waals surface area contributed by atoms with Gasteiger partial charge in [0.25, 0.3) is 0 Å². The summed E-state index contributed by atoms with van der Waals surface area (Å²) in [4.78, 5) is 24.6. The van der Waals surface area contributed by atoms with Crippen LogP contribution < -0.4 is 0 Å². The molecular formula is C16H16O4S. The minimum Gasteiger partial charge on any atom is -0.466 e. The average Bonchev–Trinajstić information content (AvgIpc) is 2.49. The lowest BCUT2D eigenvalue weighted by atomic mass is 9.94. The normalized spacial score (nSPS) is 23.6. The first-order valence-corrected chi connectivity index (χ1v) is 7.32. The van der Waals surface area contributed by atoms with Crippen molar-refractivity contribution in [2.75, 3.05) is 7.11 Å². The van der Waals surface area contributed by atoms with E-state index in [9.17, 15) is 9.59 Å². The van der Waals surface area contributed by atoms with Crippen LogP contribution in [-0.4, -0.2) is 29.9 Å². The van der Waals surface area contributed by atoms with E-state index in [4.69, 9.17) is 9.47 Å². The predicted molar refractivity (Wildman–Crippen MR) is 80.9 cm³/mol. The van der Waals surface area contributed by atoms with E-state index in [1.807, 2.05) is 42.5 Å². The van der Waals surface area contributed by atoms with Crippen LogP contribution in [0, 0.1) is 0 Å². The second-order valence-electron chi connectivity index (χ2n) is 4.47. The summed E-state index contributed by atoms with van der Waals surface area (Å²) in [5.41, 5.74) is -1.43. The highest BCUT2D eigenvalue weighted by Crippen LogP contribution is 2.37. The van der Waals surface area contributed by atoms with E-state index in [0.29, 0.717) is 0 Å². The van der Waals surface area contributed by atoms with Crippen LogP contribution in [0.25, 0.3) is 0 Å². The minimum absolute atomic E-state index is 0.388. The van der Waals surface area contributed by atoms with Gasteiger partial charge in [-0.2, -0.15) is 0 Å². The number of esters is 2. The molecule has 0 saturated heterocycles. The molecule has 5 heteroatoms. The smallest absolute Gasteiger partial charge is 0.356 e. The molecule has 110 valence electrons. The van der Waals surface area contributed by atoms with E-state index < -0.39 is 17.5 Å². The topological polar surface area (TPSA) is 52.6 Å². The minimum atomic E-state index is -1.43. The number of rotatable bonds is 4. The van der Waals surface area contributed by atoms with E-state index >= 15 is 0 Å². The fourth-order valence-electron chi connectivity index (χ4n) is 2.09. The highest BCUT2D eigenvalue weighted by molar-refractivity contribution is 8.00. The molecule has 1 aliphatic rings. The number of carbonyl (C=O) groups is 2. The quantitative estimate of drug-likeness (QED) is 0.801. The number of hydrogen-bond acceptors (Lipinski definition) is 5. The molecular weight excluding hydrogens is 288 g/mol. The molecule has 1 aliphatic carbocycles. The molecule has 21 heavy (non-hydrogen) atoms. The van der Waals surface area contributed by atoms with Crippen LogP contribution in [0.1, 0.15) is 6.92 Å². The standard InChI is InChI=1S/C16H16O4S/c1-12(17)20-16(15(18)19-2)11-7-6-10-14(16)21-13-8-4-3-5-9-13/h3-11,14H,1-2H3/t14-,16+/m1/s1. The molecule has 1 aromatic rings. The lowest BCUT2D eigenvalue weighted by Crippen LogP contribution is -2.50. The van der Waals surface area contributed by atoms with Crippen LogP contribution in [-0.2, 0) is 19.1 Å². The zero-order valence-electron chi connectivity index (χ0n) is 11.8. The van der Waals surface area contributed by atoms with Crippen molar-refractivity contribution in [1.29, 1.82) is 0 Å². The molecule has 4 nitrogen and oxygen atoms in total. The zero-order chi connectivity index (χ0) is 15.3. The summed E-state index contributed by atoms with van der Waals surface area (Å²) in [6.45, 7) is 1.28. The van der Waals surface area contributed by atoms with Gasteiger partial charge in [0.2, 0.25) is 5.60 Å². The van der Waals surface area contributed by atoms with E-state index in [0.717, 1.165) is 4.90 Å². The van der Waals surface area contributed by atoms with Crippen LogP contribution in [0.4, 0.5) is 0 Å². The lowest BCUT2D eigenvalue weighted by molar-refractivity contribution is -0.172. The molecule has 0 heterocycles. The molecule has 0 N–H and O–H groups in total. The van der Waals surface area contributed by atoms with Gasteiger partial charge in [0.1, 0.15) is 0 Å². The third-order valence-electron chi connectivity index (χ3n) is 2.99. The second kappa shape index (κ2) is 6.63. The molecule has 0 spiro atoms. The summed E-state index contributed by atoms with van der Waals surface area (Å²) in [6.07, 6.45) is 6.91. The van der Waals surface area contributed by atoms with Crippen molar-refractivity contribution in [3.05, 3.63) is 54.6 Å². The molecule has 0 radical (unpaired) electrons. The largest absolute Gasteiger partial charge is 0.466 e. The number of carbonyl (C=O) groups excluding carboxylic acids is 2. The number of ether oxygens (including phenoxy) is 2. The second-order valence-corrected chi connectivity index (χ2v) is 5.69. The Bertz CT molecular complexity index is 579. The van der Waals surface area contributed by atoms with Gasteiger partial charge in [0, 0.05) is 11.8 Å². The number of allylic oxidation sites excluding steroid dienone is 2. The molecule has 0 saturated carbocycles. The average molecular weight is 304 g/mol. The zero-order valence-corrected chi connectivity index (χ0v) is 12.6. The number of hydrogen-bond donors (Lipinski definition) is 0. The van der Waals surface area contributed by atoms with Gasteiger partial charge in [-0.1, -0.05) is 36.4 Å². The number of benzene rings is 1. The van der Waals surface area contributed by atoms with Gasteiger partial charge in [-0.3, -0.25) is 4.79 Å². The third kappa shape index (κ3) is 3.36. The van der Waals surface area contributed by atoms with Crippen LogP contribution in [0.2, 0.25) is 0 Å². The Morgan fingerprint density at radius 1 is 1.19 bits per heavy atom. The highest BCUT2D eigenvalue weighted by atomic mass is 32.2. The Kier molecular flexibility index (Phi) is 4.85.